The highest BCUT2D eigenvalue weighted by molar-refractivity contribution is 5.43. The Morgan fingerprint density at radius 1 is 0.893 bits per heavy atom. The van der Waals surface area contributed by atoms with Crippen molar-refractivity contribution >= 4 is 0 Å². The molecule has 0 bridgehead atoms. The summed E-state index contributed by atoms with van der Waals surface area (Å²) < 4.78 is 5.80. The number of aromatic hydroxyl groups is 1. The molecule has 0 radical (unpaired) electrons. The van der Waals surface area contributed by atoms with E-state index in [1.807, 2.05) is 0 Å². The minimum atomic E-state index is -0.225. The van der Waals surface area contributed by atoms with E-state index in [2.05, 4.69) is 5.32 Å². The van der Waals surface area contributed by atoms with Gasteiger partial charge in [0.1, 0.15) is 5.75 Å². The maximum atomic E-state index is 9.87. The first kappa shape index (κ1) is 23.1. The Bertz CT molecular complexity index is 544. The molecule has 0 saturated heterocycles. The standard InChI is InChI=1S/C23H39NO4/c25-17-20-10-11-23(27)22(18-26)21(20)16-24-13-6-1-2-7-14-28-15-12-19-8-4-3-5-9-19/h10-11,19,24-27H,1-9,12-18H2. The molecule has 5 nitrogen and oxygen atoms in total. The quantitative estimate of drug-likeness (QED) is 0.359. The molecule has 1 fully saturated rings. The maximum absolute atomic E-state index is 9.87. The number of rotatable bonds is 14. The lowest BCUT2D eigenvalue weighted by atomic mass is 9.87. The number of unbranched alkanes of at least 4 members (excludes halogenated alkanes) is 3. The fraction of sp³-hybridized carbons (Fsp3) is 0.739. The van der Waals surface area contributed by atoms with E-state index < -0.39 is 0 Å². The van der Waals surface area contributed by atoms with Crippen molar-refractivity contribution < 1.29 is 20.1 Å². The summed E-state index contributed by atoms with van der Waals surface area (Å²) in [5, 5.41) is 32.2. The molecule has 28 heavy (non-hydrogen) atoms. The topological polar surface area (TPSA) is 82.0 Å². The SMILES string of the molecule is OCc1ccc(O)c(CO)c1CNCCCCCCOCCC1CCCCC1. The molecule has 0 heterocycles. The van der Waals surface area contributed by atoms with Crippen LogP contribution in [0, 0.1) is 5.92 Å². The Labute approximate surface area is 170 Å². The van der Waals surface area contributed by atoms with E-state index in [4.69, 9.17) is 4.74 Å². The van der Waals surface area contributed by atoms with E-state index >= 15 is 0 Å². The van der Waals surface area contributed by atoms with Crippen LogP contribution in [-0.4, -0.2) is 35.1 Å². The smallest absolute Gasteiger partial charge is 0.121 e. The predicted octanol–water partition coefficient (Wildman–Crippen LogP) is 4.01. The second-order valence-electron chi connectivity index (χ2n) is 8.01. The molecule has 1 aliphatic carbocycles. The molecular weight excluding hydrogens is 354 g/mol. The number of benzene rings is 1. The molecule has 0 spiro atoms. The Hall–Kier alpha value is -1.14. The van der Waals surface area contributed by atoms with Crippen molar-refractivity contribution in [2.45, 2.75) is 84.0 Å². The van der Waals surface area contributed by atoms with Crippen LogP contribution in [0.15, 0.2) is 12.1 Å². The number of phenols is 1. The van der Waals surface area contributed by atoms with Gasteiger partial charge in [0.05, 0.1) is 13.2 Å². The molecule has 1 saturated carbocycles. The zero-order chi connectivity index (χ0) is 20.0. The molecule has 1 aromatic carbocycles. The minimum Gasteiger partial charge on any atom is -0.508 e. The van der Waals surface area contributed by atoms with Crippen LogP contribution in [0.5, 0.6) is 5.75 Å². The third-order valence-corrected chi connectivity index (χ3v) is 5.92. The van der Waals surface area contributed by atoms with Gasteiger partial charge in [-0.25, -0.2) is 0 Å². The van der Waals surface area contributed by atoms with Gasteiger partial charge in [-0.05, 0) is 48.9 Å². The van der Waals surface area contributed by atoms with Crippen molar-refractivity contribution in [1.29, 1.82) is 0 Å². The highest BCUT2D eigenvalue weighted by atomic mass is 16.5. The highest BCUT2D eigenvalue weighted by Crippen LogP contribution is 2.26. The average molecular weight is 394 g/mol. The summed E-state index contributed by atoms with van der Waals surface area (Å²) in [6.45, 7) is 2.92. The van der Waals surface area contributed by atoms with Gasteiger partial charge in [-0.3, -0.25) is 0 Å². The second kappa shape index (κ2) is 13.9. The van der Waals surface area contributed by atoms with Gasteiger partial charge in [0.2, 0.25) is 0 Å². The van der Waals surface area contributed by atoms with Gasteiger partial charge < -0.3 is 25.4 Å². The zero-order valence-corrected chi connectivity index (χ0v) is 17.3. The van der Waals surface area contributed by atoms with Crippen LogP contribution in [0.2, 0.25) is 0 Å². The van der Waals surface area contributed by atoms with Crippen molar-refractivity contribution in [3.05, 3.63) is 28.8 Å². The number of ether oxygens (including phenoxy) is 1. The van der Waals surface area contributed by atoms with Gasteiger partial charge in [-0.15, -0.1) is 0 Å². The van der Waals surface area contributed by atoms with Gasteiger partial charge in [-0.1, -0.05) is 51.0 Å². The van der Waals surface area contributed by atoms with E-state index in [1.54, 1.807) is 6.07 Å². The molecule has 1 aromatic rings. The number of aliphatic hydroxyl groups is 2. The summed E-state index contributed by atoms with van der Waals surface area (Å²) in [5.41, 5.74) is 2.06. The molecule has 160 valence electrons. The highest BCUT2D eigenvalue weighted by Gasteiger charge is 2.13. The maximum Gasteiger partial charge on any atom is 0.121 e. The summed E-state index contributed by atoms with van der Waals surface area (Å²) >= 11 is 0. The Balaban J connectivity index is 1.48. The van der Waals surface area contributed by atoms with E-state index in [9.17, 15) is 15.3 Å². The minimum absolute atomic E-state index is 0.0833. The van der Waals surface area contributed by atoms with Crippen LogP contribution in [0.1, 0.15) is 80.9 Å². The third kappa shape index (κ3) is 8.08. The van der Waals surface area contributed by atoms with Crippen molar-refractivity contribution in [2.24, 2.45) is 5.92 Å². The van der Waals surface area contributed by atoms with Gasteiger partial charge in [0.15, 0.2) is 0 Å². The van der Waals surface area contributed by atoms with Crippen molar-refractivity contribution in [2.75, 3.05) is 19.8 Å². The summed E-state index contributed by atoms with van der Waals surface area (Å²) in [4.78, 5) is 0. The van der Waals surface area contributed by atoms with E-state index in [0.29, 0.717) is 12.1 Å². The van der Waals surface area contributed by atoms with Crippen LogP contribution in [0.25, 0.3) is 0 Å². The fourth-order valence-electron chi connectivity index (χ4n) is 4.12. The molecule has 0 aromatic heterocycles. The Morgan fingerprint density at radius 2 is 1.68 bits per heavy atom. The van der Waals surface area contributed by atoms with Gasteiger partial charge >= 0.3 is 0 Å². The molecule has 0 aliphatic heterocycles. The van der Waals surface area contributed by atoms with Crippen LogP contribution < -0.4 is 5.32 Å². The monoisotopic (exact) mass is 393 g/mol. The first-order chi connectivity index (χ1) is 13.8. The summed E-state index contributed by atoms with van der Waals surface area (Å²) in [5.74, 6) is 0.990. The second-order valence-corrected chi connectivity index (χ2v) is 8.01. The number of hydrogen-bond donors (Lipinski definition) is 4. The van der Waals surface area contributed by atoms with Crippen molar-refractivity contribution in [3.63, 3.8) is 0 Å². The lowest BCUT2D eigenvalue weighted by molar-refractivity contribution is 0.110. The van der Waals surface area contributed by atoms with Gasteiger partial charge in [0, 0.05) is 25.3 Å². The Morgan fingerprint density at radius 3 is 2.43 bits per heavy atom. The van der Waals surface area contributed by atoms with E-state index in [-0.39, 0.29) is 19.0 Å². The summed E-state index contributed by atoms with van der Waals surface area (Å²) in [7, 11) is 0. The van der Waals surface area contributed by atoms with Crippen molar-refractivity contribution in [3.8, 4) is 5.75 Å². The van der Waals surface area contributed by atoms with E-state index in [1.165, 1.54) is 57.4 Å². The van der Waals surface area contributed by atoms with Gasteiger partial charge in [0.25, 0.3) is 0 Å². The normalized spacial score (nSPS) is 15.2. The lowest BCUT2D eigenvalue weighted by Gasteiger charge is -2.21. The van der Waals surface area contributed by atoms with Crippen LogP contribution in [-0.2, 0) is 24.5 Å². The third-order valence-electron chi connectivity index (χ3n) is 5.92. The number of hydrogen-bond acceptors (Lipinski definition) is 5. The molecule has 2 rings (SSSR count). The molecule has 0 atom stereocenters. The molecule has 4 N–H and O–H groups in total. The van der Waals surface area contributed by atoms with Crippen LogP contribution in [0.4, 0.5) is 0 Å². The largest absolute Gasteiger partial charge is 0.508 e. The lowest BCUT2D eigenvalue weighted by Crippen LogP contribution is -2.17. The molecule has 0 unspecified atom stereocenters. The van der Waals surface area contributed by atoms with Crippen LogP contribution >= 0.6 is 0 Å². The summed E-state index contributed by atoms with van der Waals surface area (Å²) in [6.07, 6.45) is 12.8. The predicted molar refractivity (Wildman–Crippen MR) is 112 cm³/mol. The number of aliphatic hydroxyl groups excluding tert-OH is 2. The molecule has 1 aliphatic rings. The van der Waals surface area contributed by atoms with E-state index in [0.717, 1.165) is 49.6 Å². The zero-order valence-electron chi connectivity index (χ0n) is 17.3. The molecule has 0 amide bonds. The van der Waals surface area contributed by atoms with Crippen molar-refractivity contribution in [1.82, 2.24) is 5.32 Å². The molecule has 5 heteroatoms. The first-order valence-corrected chi connectivity index (χ1v) is 11.1. The fourth-order valence-corrected chi connectivity index (χ4v) is 4.12. The Kier molecular flexibility index (Phi) is 11.5. The average Bonchev–Trinajstić information content (AvgIpc) is 2.73. The number of nitrogens with one attached hydrogen (secondary N) is 1. The molecular formula is C23H39NO4. The summed E-state index contributed by atoms with van der Waals surface area (Å²) in [6, 6.07) is 3.23. The van der Waals surface area contributed by atoms with Crippen LogP contribution in [0.3, 0.4) is 0 Å². The van der Waals surface area contributed by atoms with Gasteiger partial charge in [-0.2, -0.15) is 0 Å². The first-order valence-electron chi connectivity index (χ1n) is 11.1.